The van der Waals surface area contributed by atoms with Crippen LogP contribution in [-0.4, -0.2) is 30.8 Å². The molecule has 0 radical (unpaired) electrons. The molecule has 86 valence electrons. The molecule has 0 bridgehead atoms. The van der Waals surface area contributed by atoms with Gasteiger partial charge in [0.05, 0.1) is 5.56 Å². The SMILES string of the molecule is CC(C)N(C)S(=O)(=O)c1cncc(C#N)c1. The number of nitriles is 1. The molecular weight excluding hydrogens is 226 g/mol. The highest BCUT2D eigenvalue weighted by atomic mass is 32.2. The summed E-state index contributed by atoms with van der Waals surface area (Å²) in [6.45, 7) is 3.55. The molecule has 1 aromatic heterocycles. The van der Waals surface area contributed by atoms with Gasteiger partial charge >= 0.3 is 0 Å². The van der Waals surface area contributed by atoms with Crippen LogP contribution in [0.1, 0.15) is 19.4 Å². The molecule has 0 fully saturated rings. The average Bonchev–Trinajstić information content (AvgIpc) is 2.27. The molecule has 0 atom stereocenters. The Hall–Kier alpha value is -1.45. The molecule has 1 aromatic rings. The quantitative estimate of drug-likeness (QED) is 0.788. The topological polar surface area (TPSA) is 74.1 Å². The molecule has 1 rings (SSSR count). The van der Waals surface area contributed by atoms with Gasteiger partial charge in [0.2, 0.25) is 10.0 Å². The average molecular weight is 239 g/mol. The number of rotatable bonds is 3. The van der Waals surface area contributed by atoms with E-state index in [9.17, 15) is 8.42 Å². The fourth-order valence-electron chi connectivity index (χ4n) is 1.06. The van der Waals surface area contributed by atoms with Gasteiger partial charge in [0.15, 0.2) is 0 Å². The number of aromatic nitrogens is 1. The molecule has 0 unspecified atom stereocenters. The Morgan fingerprint density at radius 1 is 1.44 bits per heavy atom. The predicted octanol–water partition coefficient (Wildman–Crippen LogP) is 0.982. The van der Waals surface area contributed by atoms with E-state index >= 15 is 0 Å². The fraction of sp³-hybridized carbons (Fsp3) is 0.400. The standard InChI is InChI=1S/C10H13N3O2S/c1-8(2)13(3)16(14,15)10-4-9(5-11)6-12-7-10/h4,6-8H,1-3H3. The molecule has 5 nitrogen and oxygen atoms in total. The molecule has 6 heteroatoms. The van der Waals surface area contributed by atoms with Crippen LogP contribution >= 0.6 is 0 Å². The Bertz CT molecular complexity index is 517. The van der Waals surface area contributed by atoms with Crippen LogP contribution in [0.5, 0.6) is 0 Å². The van der Waals surface area contributed by atoms with E-state index in [1.807, 2.05) is 6.07 Å². The number of hydrogen-bond donors (Lipinski definition) is 0. The predicted molar refractivity (Wildman–Crippen MR) is 59.0 cm³/mol. The van der Waals surface area contributed by atoms with Gasteiger partial charge in [-0.1, -0.05) is 0 Å². The summed E-state index contributed by atoms with van der Waals surface area (Å²) >= 11 is 0. The van der Waals surface area contributed by atoms with Crippen LogP contribution in [0, 0.1) is 11.3 Å². The second-order valence-corrected chi connectivity index (χ2v) is 5.63. The molecule has 0 N–H and O–H groups in total. The second kappa shape index (κ2) is 4.60. The van der Waals surface area contributed by atoms with Gasteiger partial charge in [-0.3, -0.25) is 4.98 Å². The number of pyridine rings is 1. The molecular formula is C10H13N3O2S. The second-order valence-electron chi connectivity index (χ2n) is 3.64. The van der Waals surface area contributed by atoms with Crippen molar-refractivity contribution in [1.29, 1.82) is 5.26 Å². The Morgan fingerprint density at radius 2 is 2.06 bits per heavy atom. The van der Waals surface area contributed by atoms with Gasteiger partial charge in [-0.15, -0.1) is 0 Å². The first kappa shape index (κ1) is 12.6. The minimum Gasteiger partial charge on any atom is -0.262 e. The van der Waals surface area contributed by atoms with Crippen molar-refractivity contribution >= 4 is 10.0 Å². The van der Waals surface area contributed by atoms with Crippen LogP contribution in [0.2, 0.25) is 0 Å². The van der Waals surface area contributed by atoms with E-state index in [1.165, 1.54) is 29.8 Å². The summed E-state index contributed by atoms with van der Waals surface area (Å²) in [4.78, 5) is 3.78. The third kappa shape index (κ3) is 2.38. The van der Waals surface area contributed by atoms with E-state index in [4.69, 9.17) is 5.26 Å². The van der Waals surface area contributed by atoms with Crippen LogP contribution < -0.4 is 0 Å². The van der Waals surface area contributed by atoms with Crippen LogP contribution in [0.4, 0.5) is 0 Å². The molecule has 16 heavy (non-hydrogen) atoms. The first-order valence-corrected chi connectivity index (χ1v) is 6.16. The minimum atomic E-state index is -3.55. The molecule has 1 heterocycles. The van der Waals surface area contributed by atoms with Crippen molar-refractivity contribution in [2.75, 3.05) is 7.05 Å². The zero-order valence-corrected chi connectivity index (χ0v) is 10.2. The Kier molecular flexibility index (Phi) is 3.62. The van der Waals surface area contributed by atoms with Crippen LogP contribution in [0.3, 0.4) is 0 Å². The number of nitrogens with zero attached hydrogens (tertiary/aromatic N) is 3. The lowest BCUT2D eigenvalue weighted by atomic mass is 10.3. The van der Waals surface area contributed by atoms with Gasteiger partial charge in [0, 0.05) is 25.5 Å². The lowest BCUT2D eigenvalue weighted by Gasteiger charge is -2.20. The highest BCUT2D eigenvalue weighted by molar-refractivity contribution is 7.89. The maximum atomic E-state index is 12.0. The molecule has 0 aliphatic heterocycles. The van der Waals surface area contributed by atoms with Gasteiger partial charge in [0.1, 0.15) is 11.0 Å². The van der Waals surface area contributed by atoms with Crippen LogP contribution in [0.25, 0.3) is 0 Å². The van der Waals surface area contributed by atoms with Crippen molar-refractivity contribution in [3.63, 3.8) is 0 Å². The monoisotopic (exact) mass is 239 g/mol. The van der Waals surface area contributed by atoms with Gasteiger partial charge in [-0.05, 0) is 19.9 Å². The van der Waals surface area contributed by atoms with Gasteiger partial charge in [0.25, 0.3) is 0 Å². The first-order valence-electron chi connectivity index (χ1n) is 4.72. The fourth-order valence-corrected chi connectivity index (χ4v) is 2.42. The molecule has 0 aromatic carbocycles. The Morgan fingerprint density at radius 3 is 2.56 bits per heavy atom. The van der Waals surface area contributed by atoms with Gasteiger partial charge < -0.3 is 0 Å². The minimum absolute atomic E-state index is 0.0442. The maximum Gasteiger partial charge on any atom is 0.244 e. The normalized spacial score (nSPS) is 11.8. The molecule has 0 amide bonds. The van der Waals surface area contributed by atoms with Crippen LogP contribution in [-0.2, 0) is 10.0 Å². The summed E-state index contributed by atoms with van der Waals surface area (Å²) in [5, 5.41) is 8.68. The maximum absolute atomic E-state index is 12.0. The lowest BCUT2D eigenvalue weighted by Crippen LogP contribution is -2.33. The van der Waals surface area contributed by atoms with Crippen molar-refractivity contribution in [1.82, 2.24) is 9.29 Å². The van der Waals surface area contributed by atoms with E-state index in [-0.39, 0.29) is 16.5 Å². The van der Waals surface area contributed by atoms with Gasteiger partial charge in [-0.2, -0.15) is 9.57 Å². The summed E-state index contributed by atoms with van der Waals surface area (Å²) in [6, 6.07) is 3.04. The highest BCUT2D eigenvalue weighted by Gasteiger charge is 2.23. The van der Waals surface area contributed by atoms with Crippen molar-refractivity contribution in [3.8, 4) is 6.07 Å². The zero-order chi connectivity index (χ0) is 12.3. The molecule has 0 spiro atoms. The van der Waals surface area contributed by atoms with E-state index in [2.05, 4.69) is 4.98 Å². The largest absolute Gasteiger partial charge is 0.262 e. The third-order valence-electron chi connectivity index (χ3n) is 2.25. The third-order valence-corrected chi connectivity index (χ3v) is 4.25. The Labute approximate surface area is 95.4 Å². The summed E-state index contributed by atoms with van der Waals surface area (Å²) in [6.07, 6.45) is 2.57. The van der Waals surface area contributed by atoms with Gasteiger partial charge in [-0.25, -0.2) is 8.42 Å². The lowest BCUT2D eigenvalue weighted by molar-refractivity contribution is 0.410. The number of sulfonamides is 1. The summed E-state index contributed by atoms with van der Waals surface area (Å²) < 4.78 is 25.3. The van der Waals surface area contributed by atoms with E-state index in [0.717, 1.165) is 0 Å². The van der Waals surface area contributed by atoms with Crippen molar-refractivity contribution in [2.45, 2.75) is 24.8 Å². The van der Waals surface area contributed by atoms with E-state index in [1.54, 1.807) is 13.8 Å². The molecule has 0 aliphatic carbocycles. The van der Waals surface area contributed by atoms with Crippen molar-refractivity contribution < 1.29 is 8.42 Å². The summed E-state index contributed by atoms with van der Waals surface area (Å²) in [5.41, 5.74) is 0.234. The first-order chi connectivity index (χ1) is 7.39. The van der Waals surface area contributed by atoms with E-state index < -0.39 is 10.0 Å². The smallest absolute Gasteiger partial charge is 0.244 e. The molecule has 0 saturated heterocycles. The van der Waals surface area contributed by atoms with Crippen molar-refractivity contribution in [3.05, 3.63) is 24.0 Å². The van der Waals surface area contributed by atoms with E-state index in [0.29, 0.717) is 0 Å². The summed E-state index contributed by atoms with van der Waals surface area (Å²) in [7, 11) is -2.05. The summed E-state index contributed by atoms with van der Waals surface area (Å²) in [5.74, 6) is 0. The molecule has 0 saturated carbocycles. The Balaban J connectivity index is 3.23. The number of hydrogen-bond acceptors (Lipinski definition) is 4. The van der Waals surface area contributed by atoms with Crippen LogP contribution in [0.15, 0.2) is 23.4 Å². The molecule has 0 aliphatic rings. The zero-order valence-electron chi connectivity index (χ0n) is 9.38. The van der Waals surface area contributed by atoms with Crippen molar-refractivity contribution in [2.24, 2.45) is 0 Å². The highest BCUT2D eigenvalue weighted by Crippen LogP contribution is 2.16.